The first-order chi connectivity index (χ1) is 7.68. The van der Waals surface area contributed by atoms with Gasteiger partial charge in [-0.05, 0) is 37.4 Å². The van der Waals surface area contributed by atoms with Gasteiger partial charge in [0.15, 0.2) is 0 Å². The Morgan fingerprint density at radius 3 is 2.75 bits per heavy atom. The van der Waals surface area contributed by atoms with Crippen LogP contribution in [0.1, 0.15) is 24.5 Å². The van der Waals surface area contributed by atoms with Crippen LogP contribution in [0, 0.1) is 0 Å². The van der Waals surface area contributed by atoms with Crippen molar-refractivity contribution in [2.75, 3.05) is 6.54 Å². The van der Waals surface area contributed by atoms with E-state index in [9.17, 15) is 0 Å². The molecule has 0 amide bonds. The lowest BCUT2D eigenvalue weighted by Crippen LogP contribution is -2.41. The van der Waals surface area contributed by atoms with Crippen molar-refractivity contribution in [3.05, 3.63) is 35.4 Å². The Morgan fingerprint density at radius 2 is 2.06 bits per heavy atom. The second-order valence-corrected chi connectivity index (χ2v) is 4.89. The molecule has 1 aliphatic heterocycles. The smallest absolute Gasteiger partial charge is 0.0899 e. The summed E-state index contributed by atoms with van der Waals surface area (Å²) < 4.78 is 0. The third-order valence-electron chi connectivity index (χ3n) is 3.34. The van der Waals surface area contributed by atoms with E-state index in [1.54, 1.807) is 0 Å². The molecule has 2 N–H and O–H groups in total. The van der Waals surface area contributed by atoms with Crippen LogP contribution in [-0.2, 0) is 13.0 Å². The van der Waals surface area contributed by atoms with Crippen LogP contribution in [0.4, 0.5) is 0 Å². The number of benzene rings is 1. The third kappa shape index (κ3) is 2.42. The topological polar surface area (TPSA) is 29.3 Å². The molecule has 1 aromatic rings. The normalized spacial score (nSPS) is 18.6. The minimum absolute atomic E-state index is 0.196. The highest BCUT2D eigenvalue weighted by atomic mass is 32.1. The zero-order valence-electron chi connectivity index (χ0n) is 9.65. The van der Waals surface area contributed by atoms with Crippen LogP contribution in [0.3, 0.4) is 0 Å². The summed E-state index contributed by atoms with van der Waals surface area (Å²) in [7, 11) is 0. The van der Waals surface area contributed by atoms with Crippen molar-refractivity contribution in [2.24, 2.45) is 5.73 Å². The number of hydrogen-bond donors (Lipinski definition) is 1. The maximum absolute atomic E-state index is 5.73. The van der Waals surface area contributed by atoms with Gasteiger partial charge in [-0.25, -0.2) is 0 Å². The lowest BCUT2D eigenvalue weighted by Gasteiger charge is -2.26. The first-order valence-electron chi connectivity index (χ1n) is 5.78. The Labute approximate surface area is 102 Å². The molecule has 1 unspecified atom stereocenters. The Kier molecular flexibility index (Phi) is 3.56. The second kappa shape index (κ2) is 4.93. The second-order valence-electron chi connectivity index (χ2n) is 4.42. The molecule has 1 heterocycles. The molecule has 0 radical (unpaired) electrons. The number of rotatable bonds is 2. The standard InChI is InChI=1S/C13H18N2S/c1-10(13(14)16)15-8-4-7-11-5-2-3-6-12(11)9-15/h2-3,5-6,10H,4,7-9H2,1H3,(H2,14,16). The van der Waals surface area contributed by atoms with Gasteiger partial charge in [0.25, 0.3) is 0 Å². The van der Waals surface area contributed by atoms with Crippen LogP contribution < -0.4 is 5.73 Å². The number of nitrogens with two attached hydrogens (primary N) is 1. The quantitative estimate of drug-likeness (QED) is 0.795. The minimum atomic E-state index is 0.196. The van der Waals surface area contributed by atoms with Crippen LogP contribution >= 0.6 is 12.2 Å². The van der Waals surface area contributed by atoms with Crippen LogP contribution in [0.15, 0.2) is 24.3 Å². The van der Waals surface area contributed by atoms with Crippen molar-refractivity contribution in [1.82, 2.24) is 4.90 Å². The predicted molar refractivity (Wildman–Crippen MR) is 71.4 cm³/mol. The van der Waals surface area contributed by atoms with Gasteiger partial charge in [0.05, 0.1) is 11.0 Å². The van der Waals surface area contributed by atoms with Crippen molar-refractivity contribution < 1.29 is 0 Å². The van der Waals surface area contributed by atoms with Gasteiger partial charge in [-0.3, -0.25) is 4.90 Å². The maximum Gasteiger partial charge on any atom is 0.0899 e. The first kappa shape index (κ1) is 11.6. The highest BCUT2D eigenvalue weighted by Crippen LogP contribution is 2.19. The summed E-state index contributed by atoms with van der Waals surface area (Å²) in [5.41, 5.74) is 8.62. The molecule has 0 fully saturated rings. The molecule has 0 aliphatic carbocycles. The van der Waals surface area contributed by atoms with E-state index >= 15 is 0 Å². The van der Waals surface area contributed by atoms with E-state index in [0.717, 1.165) is 19.5 Å². The Bertz CT molecular complexity index is 389. The summed E-state index contributed by atoms with van der Waals surface area (Å²) in [4.78, 5) is 2.97. The lowest BCUT2D eigenvalue weighted by molar-refractivity contribution is 0.249. The molecule has 1 aliphatic rings. The van der Waals surface area contributed by atoms with E-state index in [4.69, 9.17) is 18.0 Å². The Morgan fingerprint density at radius 1 is 1.38 bits per heavy atom. The summed E-state index contributed by atoms with van der Waals surface area (Å²) in [5, 5.41) is 0. The van der Waals surface area contributed by atoms with Crippen molar-refractivity contribution in [1.29, 1.82) is 0 Å². The molecule has 0 aromatic heterocycles. The highest BCUT2D eigenvalue weighted by molar-refractivity contribution is 7.80. The van der Waals surface area contributed by atoms with Gasteiger partial charge in [0.2, 0.25) is 0 Å². The van der Waals surface area contributed by atoms with Crippen molar-refractivity contribution >= 4 is 17.2 Å². The van der Waals surface area contributed by atoms with E-state index in [0.29, 0.717) is 4.99 Å². The Balaban J connectivity index is 2.19. The van der Waals surface area contributed by atoms with E-state index in [-0.39, 0.29) is 6.04 Å². The van der Waals surface area contributed by atoms with Crippen LogP contribution in [0.2, 0.25) is 0 Å². The molecule has 16 heavy (non-hydrogen) atoms. The van der Waals surface area contributed by atoms with Gasteiger partial charge < -0.3 is 5.73 Å². The SMILES string of the molecule is CC(C(N)=S)N1CCCc2ccccc2C1. The summed E-state index contributed by atoms with van der Waals surface area (Å²) >= 11 is 5.08. The molecule has 0 bridgehead atoms. The van der Waals surface area contributed by atoms with Gasteiger partial charge in [-0.2, -0.15) is 0 Å². The molecule has 0 saturated heterocycles. The fourth-order valence-corrected chi connectivity index (χ4v) is 2.39. The van der Waals surface area contributed by atoms with Gasteiger partial charge in [-0.15, -0.1) is 0 Å². The van der Waals surface area contributed by atoms with Crippen molar-refractivity contribution in [3.8, 4) is 0 Å². The molecule has 0 saturated carbocycles. The van der Waals surface area contributed by atoms with E-state index in [1.165, 1.54) is 17.5 Å². The van der Waals surface area contributed by atoms with Crippen LogP contribution in [0.5, 0.6) is 0 Å². The molecule has 1 aromatic carbocycles. The van der Waals surface area contributed by atoms with Gasteiger partial charge in [0, 0.05) is 6.54 Å². The zero-order chi connectivity index (χ0) is 11.5. The molecule has 0 spiro atoms. The fourth-order valence-electron chi connectivity index (χ4n) is 2.24. The highest BCUT2D eigenvalue weighted by Gasteiger charge is 2.19. The van der Waals surface area contributed by atoms with Gasteiger partial charge in [0.1, 0.15) is 0 Å². The molecule has 2 rings (SSSR count). The number of fused-ring (bicyclic) bond motifs is 1. The minimum Gasteiger partial charge on any atom is -0.392 e. The third-order valence-corrected chi connectivity index (χ3v) is 3.68. The average Bonchev–Trinajstić information content (AvgIpc) is 2.49. The van der Waals surface area contributed by atoms with E-state index in [1.807, 2.05) is 0 Å². The van der Waals surface area contributed by atoms with Crippen molar-refractivity contribution in [3.63, 3.8) is 0 Å². The van der Waals surface area contributed by atoms with Gasteiger partial charge in [-0.1, -0.05) is 36.5 Å². The van der Waals surface area contributed by atoms with Crippen molar-refractivity contribution in [2.45, 2.75) is 32.4 Å². The Hall–Kier alpha value is -0.930. The molecule has 2 nitrogen and oxygen atoms in total. The largest absolute Gasteiger partial charge is 0.392 e. The number of aryl methyl sites for hydroxylation is 1. The van der Waals surface area contributed by atoms with Crippen LogP contribution in [-0.4, -0.2) is 22.5 Å². The van der Waals surface area contributed by atoms with E-state index < -0.39 is 0 Å². The molecule has 86 valence electrons. The van der Waals surface area contributed by atoms with Gasteiger partial charge >= 0.3 is 0 Å². The molecular weight excluding hydrogens is 216 g/mol. The lowest BCUT2D eigenvalue weighted by atomic mass is 10.0. The maximum atomic E-state index is 5.73. The summed E-state index contributed by atoms with van der Waals surface area (Å²) in [6.45, 7) is 4.14. The average molecular weight is 234 g/mol. The number of hydrogen-bond acceptors (Lipinski definition) is 2. The monoisotopic (exact) mass is 234 g/mol. The summed E-state index contributed by atoms with van der Waals surface area (Å²) in [6, 6.07) is 8.85. The fraction of sp³-hybridized carbons (Fsp3) is 0.462. The summed E-state index contributed by atoms with van der Waals surface area (Å²) in [6.07, 6.45) is 2.35. The predicted octanol–water partition coefficient (Wildman–Crippen LogP) is 2.11. The molecular formula is C13H18N2S. The number of nitrogens with zero attached hydrogens (tertiary/aromatic N) is 1. The molecule has 3 heteroatoms. The molecule has 1 atom stereocenters. The zero-order valence-corrected chi connectivity index (χ0v) is 10.5. The first-order valence-corrected chi connectivity index (χ1v) is 6.19. The summed E-state index contributed by atoms with van der Waals surface area (Å²) in [5.74, 6) is 0. The van der Waals surface area contributed by atoms with Crippen LogP contribution in [0.25, 0.3) is 0 Å². The number of thiocarbonyl (C=S) groups is 1. The van der Waals surface area contributed by atoms with E-state index in [2.05, 4.69) is 36.1 Å².